The molecule has 0 radical (unpaired) electrons. The lowest BCUT2D eigenvalue weighted by molar-refractivity contribution is -0.114. The molecule has 16 heavy (non-hydrogen) atoms. The van der Waals surface area contributed by atoms with E-state index in [0.717, 1.165) is 11.4 Å². The monoisotopic (exact) mass is 223 g/mol. The van der Waals surface area contributed by atoms with Crippen molar-refractivity contribution in [2.75, 3.05) is 18.5 Å². The highest BCUT2D eigenvalue weighted by atomic mass is 16.6. The van der Waals surface area contributed by atoms with Crippen molar-refractivity contribution in [2.24, 2.45) is 0 Å². The predicted molar refractivity (Wildman–Crippen MR) is 63.1 cm³/mol. The van der Waals surface area contributed by atoms with Crippen LogP contribution in [0.2, 0.25) is 0 Å². The number of fused-ring (bicyclic) bond motifs is 1. The molecular weight excluding hydrogens is 206 g/mol. The lowest BCUT2D eigenvalue weighted by Crippen LogP contribution is -2.15. The zero-order valence-electron chi connectivity index (χ0n) is 9.87. The topological polar surface area (TPSA) is 47.6 Å². The maximum Gasteiger partial charge on any atom is 0.221 e. The molecule has 1 N–H and O–H groups in total. The second-order valence-corrected chi connectivity index (χ2v) is 3.04. The molecule has 0 saturated heterocycles. The molecule has 4 heteroatoms. The van der Waals surface area contributed by atoms with Gasteiger partial charge in [-0.15, -0.1) is 0 Å². The van der Waals surface area contributed by atoms with Gasteiger partial charge in [-0.25, -0.2) is 0 Å². The SMILES string of the molecule is CC.CC(=O)Nc1ccc2c(c1)OCCO2. The molecule has 0 fully saturated rings. The van der Waals surface area contributed by atoms with Crippen molar-refractivity contribution >= 4 is 11.6 Å². The van der Waals surface area contributed by atoms with E-state index in [9.17, 15) is 4.79 Å². The molecule has 1 aliphatic rings. The maximum atomic E-state index is 10.8. The number of carbonyl (C=O) groups is 1. The highest BCUT2D eigenvalue weighted by Crippen LogP contribution is 2.32. The summed E-state index contributed by atoms with van der Waals surface area (Å²) in [6.45, 7) is 6.60. The zero-order chi connectivity index (χ0) is 12.0. The minimum atomic E-state index is -0.0957. The van der Waals surface area contributed by atoms with Crippen LogP contribution >= 0.6 is 0 Å². The van der Waals surface area contributed by atoms with Crippen LogP contribution in [-0.2, 0) is 4.79 Å². The molecule has 0 spiro atoms. The van der Waals surface area contributed by atoms with Crippen LogP contribution in [0.25, 0.3) is 0 Å². The van der Waals surface area contributed by atoms with Crippen LogP contribution in [0.3, 0.4) is 0 Å². The van der Waals surface area contributed by atoms with Crippen molar-refractivity contribution in [1.29, 1.82) is 0 Å². The first-order valence-corrected chi connectivity index (χ1v) is 5.43. The first kappa shape index (κ1) is 12.4. The smallest absolute Gasteiger partial charge is 0.221 e. The first-order chi connectivity index (χ1) is 7.75. The normalized spacial score (nSPS) is 12.2. The lowest BCUT2D eigenvalue weighted by atomic mass is 10.2. The number of anilines is 1. The van der Waals surface area contributed by atoms with Gasteiger partial charge in [0.1, 0.15) is 13.2 Å². The van der Waals surface area contributed by atoms with Gasteiger partial charge >= 0.3 is 0 Å². The molecule has 0 atom stereocenters. The van der Waals surface area contributed by atoms with E-state index in [0.29, 0.717) is 19.0 Å². The molecule has 4 nitrogen and oxygen atoms in total. The summed E-state index contributed by atoms with van der Waals surface area (Å²) in [6.07, 6.45) is 0. The Balaban J connectivity index is 0.000000606. The van der Waals surface area contributed by atoms with Crippen LogP contribution in [0.5, 0.6) is 11.5 Å². The predicted octanol–water partition coefficient (Wildman–Crippen LogP) is 2.44. The van der Waals surface area contributed by atoms with E-state index in [1.165, 1.54) is 6.92 Å². The van der Waals surface area contributed by atoms with E-state index in [1.807, 2.05) is 13.8 Å². The Morgan fingerprint density at radius 2 is 1.81 bits per heavy atom. The van der Waals surface area contributed by atoms with Gasteiger partial charge in [-0.3, -0.25) is 4.79 Å². The largest absolute Gasteiger partial charge is 0.486 e. The molecule has 1 amide bonds. The van der Waals surface area contributed by atoms with E-state index < -0.39 is 0 Å². The zero-order valence-corrected chi connectivity index (χ0v) is 9.87. The summed E-state index contributed by atoms with van der Waals surface area (Å²) in [6, 6.07) is 5.34. The third kappa shape index (κ3) is 3.15. The Bertz CT molecular complexity index is 363. The summed E-state index contributed by atoms with van der Waals surface area (Å²) in [4.78, 5) is 10.8. The van der Waals surface area contributed by atoms with Crippen LogP contribution in [0.1, 0.15) is 20.8 Å². The Labute approximate surface area is 95.6 Å². The van der Waals surface area contributed by atoms with Gasteiger partial charge < -0.3 is 14.8 Å². The molecule has 0 aliphatic carbocycles. The minimum Gasteiger partial charge on any atom is -0.486 e. The molecule has 2 rings (SSSR count). The third-order valence-electron chi connectivity index (χ3n) is 1.86. The van der Waals surface area contributed by atoms with Gasteiger partial charge in [0.2, 0.25) is 5.91 Å². The molecular formula is C12H17NO3. The highest BCUT2D eigenvalue weighted by Gasteiger charge is 2.11. The molecule has 88 valence electrons. The van der Waals surface area contributed by atoms with Crippen molar-refractivity contribution in [1.82, 2.24) is 0 Å². The van der Waals surface area contributed by atoms with Crippen molar-refractivity contribution in [2.45, 2.75) is 20.8 Å². The number of carbonyl (C=O) groups excluding carboxylic acids is 1. The fraction of sp³-hybridized carbons (Fsp3) is 0.417. The van der Waals surface area contributed by atoms with Gasteiger partial charge in [-0.2, -0.15) is 0 Å². The fourth-order valence-corrected chi connectivity index (χ4v) is 1.32. The number of nitrogens with one attached hydrogen (secondary N) is 1. The Hall–Kier alpha value is -1.71. The van der Waals surface area contributed by atoms with E-state index in [-0.39, 0.29) is 5.91 Å². The molecule has 0 aromatic heterocycles. The van der Waals surface area contributed by atoms with E-state index >= 15 is 0 Å². The van der Waals surface area contributed by atoms with Crippen molar-refractivity contribution in [3.8, 4) is 11.5 Å². The fourth-order valence-electron chi connectivity index (χ4n) is 1.32. The molecule has 1 aromatic carbocycles. The van der Waals surface area contributed by atoms with Crippen molar-refractivity contribution in [3.05, 3.63) is 18.2 Å². The number of rotatable bonds is 1. The van der Waals surface area contributed by atoms with Gasteiger partial charge in [-0.1, -0.05) is 13.8 Å². The minimum absolute atomic E-state index is 0.0957. The highest BCUT2D eigenvalue weighted by molar-refractivity contribution is 5.89. The number of amides is 1. The number of benzene rings is 1. The van der Waals surface area contributed by atoms with Gasteiger partial charge in [0.15, 0.2) is 11.5 Å². The summed E-state index contributed by atoms with van der Waals surface area (Å²) >= 11 is 0. The molecule has 0 unspecified atom stereocenters. The number of hydrogen-bond donors (Lipinski definition) is 1. The van der Waals surface area contributed by atoms with E-state index in [2.05, 4.69) is 5.32 Å². The van der Waals surface area contributed by atoms with Gasteiger partial charge in [0.25, 0.3) is 0 Å². The maximum absolute atomic E-state index is 10.8. The van der Waals surface area contributed by atoms with Crippen LogP contribution in [0.15, 0.2) is 18.2 Å². The number of hydrogen-bond acceptors (Lipinski definition) is 3. The quantitative estimate of drug-likeness (QED) is 0.795. The Morgan fingerprint density at radius 1 is 1.19 bits per heavy atom. The molecule has 1 aromatic rings. The Kier molecular flexibility index (Phi) is 4.64. The summed E-state index contributed by atoms with van der Waals surface area (Å²) in [5.41, 5.74) is 0.724. The van der Waals surface area contributed by atoms with Crippen LogP contribution in [0.4, 0.5) is 5.69 Å². The van der Waals surface area contributed by atoms with Gasteiger partial charge in [0.05, 0.1) is 0 Å². The van der Waals surface area contributed by atoms with Crippen molar-refractivity contribution < 1.29 is 14.3 Å². The number of ether oxygens (including phenoxy) is 2. The van der Waals surface area contributed by atoms with Gasteiger partial charge in [-0.05, 0) is 12.1 Å². The summed E-state index contributed by atoms with van der Waals surface area (Å²) < 4.78 is 10.7. The van der Waals surface area contributed by atoms with Crippen LogP contribution in [0, 0.1) is 0 Å². The second-order valence-electron chi connectivity index (χ2n) is 3.04. The average Bonchev–Trinajstić information content (AvgIpc) is 2.31. The third-order valence-corrected chi connectivity index (χ3v) is 1.86. The molecule has 1 aliphatic heterocycles. The summed E-state index contributed by atoms with van der Waals surface area (Å²) in [5.74, 6) is 1.31. The van der Waals surface area contributed by atoms with E-state index in [1.54, 1.807) is 18.2 Å². The average molecular weight is 223 g/mol. The molecule has 0 bridgehead atoms. The van der Waals surface area contributed by atoms with Crippen molar-refractivity contribution in [3.63, 3.8) is 0 Å². The molecule has 0 saturated carbocycles. The van der Waals surface area contributed by atoms with Crippen LogP contribution in [-0.4, -0.2) is 19.1 Å². The van der Waals surface area contributed by atoms with Crippen LogP contribution < -0.4 is 14.8 Å². The standard InChI is InChI=1S/C10H11NO3.C2H6/c1-7(12)11-8-2-3-9-10(6-8)14-5-4-13-9;1-2/h2-3,6H,4-5H2,1H3,(H,11,12);1-2H3. The van der Waals surface area contributed by atoms with E-state index in [4.69, 9.17) is 9.47 Å². The Morgan fingerprint density at radius 3 is 2.44 bits per heavy atom. The second kappa shape index (κ2) is 6.00. The lowest BCUT2D eigenvalue weighted by Gasteiger charge is -2.18. The van der Waals surface area contributed by atoms with Gasteiger partial charge in [0, 0.05) is 18.7 Å². The summed E-state index contributed by atoms with van der Waals surface area (Å²) in [7, 11) is 0. The summed E-state index contributed by atoms with van der Waals surface area (Å²) in [5, 5.41) is 2.68. The molecule has 1 heterocycles. The first-order valence-electron chi connectivity index (χ1n) is 5.43.